The van der Waals surface area contributed by atoms with Crippen LogP contribution < -0.4 is 0 Å². The van der Waals surface area contributed by atoms with E-state index in [2.05, 4.69) is 22.9 Å². The Balaban J connectivity index is 1.72. The summed E-state index contributed by atoms with van der Waals surface area (Å²) in [6, 6.07) is 0. The molecule has 0 aromatic carbocycles. The second-order valence-electron chi connectivity index (χ2n) is 6.70. The van der Waals surface area contributed by atoms with E-state index >= 15 is 0 Å². The van der Waals surface area contributed by atoms with Crippen LogP contribution in [0.25, 0.3) is 0 Å². The Bertz CT molecular complexity index is 280. The minimum Gasteiger partial charge on any atom is -0.199 e. The fraction of sp³-hybridized carbons (Fsp3) is 0.882. The minimum absolute atomic E-state index is 0.170. The van der Waals surface area contributed by atoms with Gasteiger partial charge in [-0.2, -0.15) is 4.39 Å². The lowest BCUT2D eigenvalue weighted by atomic mass is 9.69. The summed E-state index contributed by atoms with van der Waals surface area (Å²) in [6.45, 7) is 2.31. The van der Waals surface area contributed by atoms with Crippen LogP contribution in [0.2, 0.25) is 0 Å². The summed E-state index contributed by atoms with van der Waals surface area (Å²) in [6.07, 6.45) is 15.5. The monoisotopic (exact) mass is 330 g/mol. The van der Waals surface area contributed by atoms with Gasteiger partial charge in [-0.1, -0.05) is 32.6 Å². The van der Waals surface area contributed by atoms with Crippen molar-refractivity contribution in [3.05, 3.63) is 10.8 Å². The number of hydrogen-bond acceptors (Lipinski definition) is 0. The molecule has 0 bridgehead atoms. The Morgan fingerprint density at radius 3 is 2.00 bits per heavy atom. The van der Waals surface area contributed by atoms with E-state index in [-0.39, 0.29) is 4.74 Å². The quantitative estimate of drug-likeness (QED) is 0.544. The first-order valence-corrected chi connectivity index (χ1v) is 9.01. The number of rotatable bonds is 4. The molecule has 0 saturated heterocycles. The van der Waals surface area contributed by atoms with E-state index < -0.39 is 0 Å². The van der Waals surface area contributed by atoms with Gasteiger partial charge in [-0.15, -0.1) is 0 Å². The lowest BCUT2D eigenvalue weighted by molar-refractivity contribution is 0.152. The van der Waals surface area contributed by atoms with Crippen LogP contribution in [0, 0.1) is 23.7 Å². The van der Waals surface area contributed by atoms with Crippen molar-refractivity contribution in [2.24, 2.45) is 23.7 Å². The zero-order valence-corrected chi connectivity index (χ0v) is 13.8. The summed E-state index contributed by atoms with van der Waals surface area (Å²) < 4.78 is 12.7. The van der Waals surface area contributed by atoms with Gasteiger partial charge in [-0.25, -0.2) is 0 Å². The number of halogens is 2. The van der Waals surface area contributed by atoms with Crippen LogP contribution in [-0.4, -0.2) is 0 Å². The third-order valence-electron chi connectivity index (χ3n) is 5.43. The van der Waals surface area contributed by atoms with E-state index in [0.717, 1.165) is 17.8 Å². The molecule has 0 amide bonds. The number of allylic oxidation sites excluding steroid dienone is 1. The molecule has 2 aliphatic rings. The van der Waals surface area contributed by atoms with Crippen molar-refractivity contribution in [3.63, 3.8) is 0 Å². The van der Waals surface area contributed by atoms with Crippen LogP contribution in [-0.2, 0) is 0 Å². The van der Waals surface area contributed by atoms with Crippen molar-refractivity contribution >= 4 is 15.9 Å². The molecule has 2 saturated carbocycles. The summed E-state index contributed by atoms with van der Waals surface area (Å²) in [5.74, 6) is 3.41. The van der Waals surface area contributed by atoms with Crippen molar-refractivity contribution in [2.75, 3.05) is 0 Å². The molecule has 0 atom stereocenters. The molecule has 2 aliphatic carbocycles. The second kappa shape index (κ2) is 7.81. The molecule has 0 radical (unpaired) electrons. The molecule has 19 heavy (non-hydrogen) atoms. The van der Waals surface area contributed by atoms with Gasteiger partial charge < -0.3 is 0 Å². The highest BCUT2D eigenvalue weighted by atomic mass is 79.9. The van der Waals surface area contributed by atoms with Crippen LogP contribution in [0.15, 0.2) is 10.8 Å². The first-order chi connectivity index (χ1) is 9.19. The fourth-order valence-electron chi connectivity index (χ4n) is 4.32. The number of hydrogen-bond donors (Lipinski definition) is 0. The molecule has 2 heteroatoms. The normalized spacial score (nSPS) is 37.3. The lowest BCUT2D eigenvalue weighted by Crippen LogP contribution is -2.25. The fourth-order valence-corrected chi connectivity index (χ4v) is 4.69. The van der Waals surface area contributed by atoms with Gasteiger partial charge in [0.15, 0.2) is 4.74 Å². The maximum absolute atomic E-state index is 12.8. The average Bonchev–Trinajstić information content (AvgIpc) is 2.40. The molecule has 0 aromatic rings. The Kier molecular flexibility index (Phi) is 6.38. The van der Waals surface area contributed by atoms with Crippen LogP contribution in [0.4, 0.5) is 4.39 Å². The molecule has 0 aliphatic heterocycles. The molecule has 0 N–H and O–H groups in total. The standard InChI is InChI=1S/C17H28BrF/c1-2-3-13-4-8-15(9-5-13)16-10-6-14(7-11-16)12-17(18)19/h12-16H,2-11H2,1H3/b17-12-. The zero-order chi connectivity index (χ0) is 13.7. The first kappa shape index (κ1) is 15.5. The molecular formula is C17H28BrF. The van der Waals surface area contributed by atoms with Crippen molar-refractivity contribution in [2.45, 2.75) is 71.1 Å². The van der Waals surface area contributed by atoms with Crippen molar-refractivity contribution in [3.8, 4) is 0 Å². The molecule has 0 unspecified atom stereocenters. The summed E-state index contributed by atoms with van der Waals surface area (Å²) >= 11 is 2.92. The summed E-state index contributed by atoms with van der Waals surface area (Å²) in [5.41, 5.74) is 0. The van der Waals surface area contributed by atoms with Crippen molar-refractivity contribution in [1.29, 1.82) is 0 Å². The van der Waals surface area contributed by atoms with Gasteiger partial charge in [0.2, 0.25) is 0 Å². The van der Waals surface area contributed by atoms with Gasteiger partial charge >= 0.3 is 0 Å². The van der Waals surface area contributed by atoms with Crippen LogP contribution in [0.3, 0.4) is 0 Å². The molecule has 0 heterocycles. The highest BCUT2D eigenvalue weighted by Gasteiger charge is 2.30. The van der Waals surface area contributed by atoms with E-state index in [0.29, 0.717) is 5.92 Å². The smallest absolute Gasteiger partial charge is 0.162 e. The van der Waals surface area contributed by atoms with E-state index in [1.165, 1.54) is 64.2 Å². The molecule has 0 nitrogen and oxygen atoms in total. The second-order valence-corrected chi connectivity index (χ2v) is 7.46. The van der Waals surface area contributed by atoms with Gasteiger partial charge in [0, 0.05) is 0 Å². The van der Waals surface area contributed by atoms with E-state index in [1.807, 2.05) is 0 Å². The van der Waals surface area contributed by atoms with E-state index in [1.54, 1.807) is 6.08 Å². The lowest BCUT2D eigenvalue weighted by Gasteiger charge is -2.37. The first-order valence-electron chi connectivity index (χ1n) is 8.21. The molecule has 0 spiro atoms. The van der Waals surface area contributed by atoms with Gasteiger partial charge in [0.1, 0.15) is 0 Å². The minimum atomic E-state index is -0.170. The van der Waals surface area contributed by atoms with E-state index in [4.69, 9.17) is 0 Å². The Morgan fingerprint density at radius 1 is 1.00 bits per heavy atom. The third-order valence-corrected chi connectivity index (χ3v) is 5.70. The summed E-state index contributed by atoms with van der Waals surface area (Å²) in [4.78, 5) is 0. The van der Waals surface area contributed by atoms with Gasteiger partial charge in [-0.05, 0) is 84.2 Å². The Morgan fingerprint density at radius 2 is 1.53 bits per heavy atom. The van der Waals surface area contributed by atoms with Crippen LogP contribution in [0.5, 0.6) is 0 Å². The van der Waals surface area contributed by atoms with Crippen molar-refractivity contribution < 1.29 is 4.39 Å². The largest absolute Gasteiger partial charge is 0.199 e. The predicted octanol–water partition coefficient (Wildman–Crippen LogP) is 6.61. The van der Waals surface area contributed by atoms with E-state index in [9.17, 15) is 4.39 Å². The molecule has 110 valence electrons. The molecular weight excluding hydrogens is 303 g/mol. The highest BCUT2D eigenvalue weighted by Crippen LogP contribution is 2.42. The SMILES string of the molecule is CCCC1CCC(C2CCC(/C=C(\F)Br)CC2)CC1. The third kappa shape index (κ3) is 4.88. The Hall–Kier alpha value is 0.150. The summed E-state index contributed by atoms with van der Waals surface area (Å²) in [5, 5.41) is 0. The highest BCUT2D eigenvalue weighted by molar-refractivity contribution is 9.11. The van der Waals surface area contributed by atoms with Gasteiger partial charge in [-0.3, -0.25) is 0 Å². The Labute approximate surface area is 126 Å². The zero-order valence-electron chi connectivity index (χ0n) is 12.2. The van der Waals surface area contributed by atoms with Crippen LogP contribution in [0.1, 0.15) is 71.1 Å². The maximum atomic E-state index is 12.8. The molecule has 2 fully saturated rings. The molecule has 2 rings (SSSR count). The summed E-state index contributed by atoms with van der Waals surface area (Å²) in [7, 11) is 0. The van der Waals surface area contributed by atoms with Crippen molar-refractivity contribution in [1.82, 2.24) is 0 Å². The predicted molar refractivity (Wildman–Crippen MR) is 83.9 cm³/mol. The van der Waals surface area contributed by atoms with Crippen LogP contribution >= 0.6 is 15.9 Å². The van der Waals surface area contributed by atoms with Gasteiger partial charge in [0.25, 0.3) is 0 Å². The average molecular weight is 331 g/mol. The molecule has 0 aromatic heterocycles. The van der Waals surface area contributed by atoms with Gasteiger partial charge in [0.05, 0.1) is 0 Å². The maximum Gasteiger partial charge on any atom is 0.162 e. The topological polar surface area (TPSA) is 0 Å².